The number of para-hydroxylation sites is 1. The van der Waals surface area contributed by atoms with Gasteiger partial charge in [0.2, 0.25) is 5.91 Å². The van der Waals surface area contributed by atoms with Gasteiger partial charge >= 0.3 is 0 Å². The zero-order valence-corrected chi connectivity index (χ0v) is 16.9. The van der Waals surface area contributed by atoms with Crippen LogP contribution in [0, 0.1) is 0 Å². The zero-order chi connectivity index (χ0) is 21.6. The molecule has 1 amide bonds. The van der Waals surface area contributed by atoms with Crippen molar-refractivity contribution in [2.45, 2.75) is 6.92 Å². The molecule has 0 atom stereocenters. The number of carbonyl (C=O) groups excluding carboxylic acids is 2. The van der Waals surface area contributed by atoms with E-state index >= 15 is 0 Å². The second kappa shape index (κ2) is 9.00. The molecule has 152 valence electrons. The summed E-state index contributed by atoms with van der Waals surface area (Å²) in [4.78, 5) is 28.2. The average Bonchev–Trinajstić information content (AvgIpc) is 3.23. The topological polar surface area (TPSA) is 76.9 Å². The molecule has 0 aliphatic rings. The SMILES string of the molecule is CC(=O)Nc1cccc(C(=O)/C=C/c2cn(-c3ccccc3)nc2-c2cccnc2)c1. The molecule has 2 heterocycles. The van der Waals surface area contributed by atoms with Gasteiger partial charge in [0.05, 0.1) is 5.69 Å². The van der Waals surface area contributed by atoms with Crippen molar-refractivity contribution in [2.24, 2.45) is 0 Å². The normalized spacial score (nSPS) is 10.9. The summed E-state index contributed by atoms with van der Waals surface area (Å²) in [5.41, 5.74) is 4.37. The third-order valence-corrected chi connectivity index (χ3v) is 4.58. The second-order valence-electron chi connectivity index (χ2n) is 6.91. The number of carbonyl (C=O) groups is 2. The molecule has 0 fully saturated rings. The maximum Gasteiger partial charge on any atom is 0.221 e. The Balaban J connectivity index is 1.67. The lowest BCUT2D eigenvalue weighted by Crippen LogP contribution is -2.06. The van der Waals surface area contributed by atoms with Crippen LogP contribution in [0.15, 0.2) is 91.4 Å². The number of anilines is 1. The van der Waals surface area contributed by atoms with Crippen molar-refractivity contribution in [2.75, 3.05) is 5.32 Å². The van der Waals surface area contributed by atoms with Crippen molar-refractivity contribution in [3.8, 4) is 16.9 Å². The molecule has 0 spiro atoms. The van der Waals surface area contributed by atoms with Gasteiger partial charge < -0.3 is 5.32 Å². The van der Waals surface area contributed by atoms with E-state index in [2.05, 4.69) is 10.3 Å². The lowest BCUT2D eigenvalue weighted by molar-refractivity contribution is -0.114. The number of allylic oxidation sites excluding steroid dienone is 1. The lowest BCUT2D eigenvalue weighted by atomic mass is 10.1. The van der Waals surface area contributed by atoms with Crippen LogP contribution in [0.4, 0.5) is 5.69 Å². The number of hydrogen-bond acceptors (Lipinski definition) is 4. The summed E-state index contributed by atoms with van der Waals surface area (Å²) in [6.45, 7) is 1.43. The summed E-state index contributed by atoms with van der Waals surface area (Å²) < 4.78 is 1.78. The minimum absolute atomic E-state index is 0.170. The first-order valence-corrected chi connectivity index (χ1v) is 9.76. The van der Waals surface area contributed by atoms with Crippen LogP contribution in [0.5, 0.6) is 0 Å². The Morgan fingerprint density at radius 1 is 1.00 bits per heavy atom. The third-order valence-electron chi connectivity index (χ3n) is 4.58. The van der Waals surface area contributed by atoms with Crippen LogP contribution in [-0.4, -0.2) is 26.5 Å². The fourth-order valence-electron chi connectivity index (χ4n) is 3.16. The van der Waals surface area contributed by atoms with E-state index in [9.17, 15) is 9.59 Å². The van der Waals surface area contributed by atoms with Gasteiger partial charge in [0.1, 0.15) is 5.69 Å². The fraction of sp³-hybridized carbons (Fsp3) is 0.0400. The molecule has 31 heavy (non-hydrogen) atoms. The van der Waals surface area contributed by atoms with Crippen molar-refractivity contribution >= 4 is 23.5 Å². The molecule has 4 aromatic rings. The number of hydrogen-bond donors (Lipinski definition) is 1. The molecule has 6 heteroatoms. The van der Waals surface area contributed by atoms with E-state index in [1.807, 2.05) is 48.7 Å². The fourth-order valence-corrected chi connectivity index (χ4v) is 3.16. The number of aromatic nitrogens is 3. The van der Waals surface area contributed by atoms with E-state index in [-0.39, 0.29) is 11.7 Å². The van der Waals surface area contributed by atoms with Crippen LogP contribution < -0.4 is 5.32 Å². The molecule has 4 rings (SSSR count). The molecule has 2 aromatic heterocycles. The van der Waals surface area contributed by atoms with Gasteiger partial charge in [-0.15, -0.1) is 0 Å². The number of amides is 1. The first-order valence-electron chi connectivity index (χ1n) is 9.76. The molecule has 0 aliphatic carbocycles. The Morgan fingerprint density at radius 2 is 1.84 bits per heavy atom. The van der Waals surface area contributed by atoms with Crippen LogP contribution >= 0.6 is 0 Å². The monoisotopic (exact) mass is 408 g/mol. The summed E-state index contributed by atoms with van der Waals surface area (Å²) >= 11 is 0. The molecule has 6 nitrogen and oxygen atoms in total. The number of nitrogens with zero attached hydrogens (tertiary/aromatic N) is 3. The van der Waals surface area contributed by atoms with E-state index in [0.29, 0.717) is 11.3 Å². The highest BCUT2D eigenvalue weighted by Gasteiger charge is 2.11. The van der Waals surface area contributed by atoms with E-state index in [4.69, 9.17) is 5.10 Å². The van der Waals surface area contributed by atoms with E-state index < -0.39 is 0 Å². The van der Waals surface area contributed by atoms with Gasteiger partial charge in [0.15, 0.2) is 5.78 Å². The molecule has 1 N–H and O–H groups in total. The molecule has 2 aromatic carbocycles. The van der Waals surface area contributed by atoms with Crippen molar-refractivity contribution in [1.82, 2.24) is 14.8 Å². The van der Waals surface area contributed by atoms with Crippen LogP contribution in [0.3, 0.4) is 0 Å². The van der Waals surface area contributed by atoms with Crippen LogP contribution in [0.1, 0.15) is 22.8 Å². The van der Waals surface area contributed by atoms with E-state index in [0.717, 1.165) is 22.5 Å². The standard InChI is InChI=1S/C25H20N4O2/c1-18(30)27-22-9-5-7-19(15-22)24(31)13-12-21-17-29(23-10-3-2-4-11-23)28-25(21)20-8-6-14-26-16-20/h2-17H,1H3,(H,27,30)/b13-12+. The Kier molecular flexibility index (Phi) is 5.80. The quantitative estimate of drug-likeness (QED) is 0.368. The van der Waals surface area contributed by atoms with Crippen molar-refractivity contribution < 1.29 is 9.59 Å². The summed E-state index contributed by atoms with van der Waals surface area (Å²) in [7, 11) is 0. The van der Waals surface area contributed by atoms with Crippen LogP contribution in [0.25, 0.3) is 23.0 Å². The van der Waals surface area contributed by atoms with Crippen LogP contribution in [0.2, 0.25) is 0 Å². The van der Waals surface area contributed by atoms with Gasteiger partial charge in [-0.3, -0.25) is 14.6 Å². The summed E-state index contributed by atoms with van der Waals surface area (Å²) in [6, 6.07) is 20.4. The van der Waals surface area contributed by atoms with Gasteiger partial charge in [-0.2, -0.15) is 5.10 Å². The first-order chi connectivity index (χ1) is 15.1. The average molecular weight is 408 g/mol. The van der Waals surface area contributed by atoms with Gasteiger partial charge in [0, 0.05) is 47.9 Å². The Morgan fingerprint density at radius 3 is 2.58 bits per heavy atom. The summed E-state index contributed by atoms with van der Waals surface area (Å²) in [5.74, 6) is -0.355. The Bertz CT molecular complexity index is 1250. The largest absolute Gasteiger partial charge is 0.326 e. The lowest BCUT2D eigenvalue weighted by Gasteiger charge is -2.03. The predicted octanol–water partition coefficient (Wildman–Crippen LogP) is 4.79. The number of ketones is 1. The Hall–Kier alpha value is -4.32. The molecule has 0 radical (unpaired) electrons. The first kappa shape index (κ1) is 20.0. The molecule has 0 saturated carbocycles. The molecule has 0 aliphatic heterocycles. The smallest absolute Gasteiger partial charge is 0.221 e. The molecule has 0 unspecified atom stereocenters. The van der Waals surface area contributed by atoms with Crippen LogP contribution in [-0.2, 0) is 4.79 Å². The van der Waals surface area contributed by atoms with E-state index in [1.165, 1.54) is 13.0 Å². The van der Waals surface area contributed by atoms with E-state index in [1.54, 1.807) is 47.4 Å². The van der Waals surface area contributed by atoms with Crippen molar-refractivity contribution in [3.63, 3.8) is 0 Å². The summed E-state index contributed by atoms with van der Waals surface area (Å²) in [6.07, 6.45) is 8.60. The highest BCUT2D eigenvalue weighted by Crippen LogP contribution is 2.24. The van der Waals surface area contributed by atoms with Crippen molar-refractivity contribution in [3.05, 3.63) is 103 Å². The van der Waals surface area contributed by atoms with Gasteiger partial charge in [-0.05, 0) is 48.6 Å². The highest BCUT2D eigenvalue weighted by atomic mass is 16.1. The molecule has 0 saturated heterocycles. The third kappa shape index (κ3) is 4.82. The maximum atomic E-state index is 12.7. The predicted molar refractivity (Wildman–Crippen MR) is 121 cm³/mol. The van der Waals surface area contributed by atoms with Gasteiger partial charge in [-0.25, -0.2) is 4.68 Å². The highest BCUT2D eigenvalue weighted by molar-refractivity contribution is 6.08. The molecular weight excluding hydrogens is 388 g/mol. The van der Waals surface area contributed by atoms with Crippen molar-refractivity contribution in [1.29, 1.82) is 0 Å². The molecule has 0 bridgehead atoms. The maximum absolute atomic E-state index is 12.7. The second-order valence-corrected chi connectivity index (χ2v) is 6.91. The minimum Gasteiger partial charge on any atom is -0.326 e. The Labute approximate surface area is 179 Å². The minimum atomic E-state index is -0.186. The summed E-state index contributed by atoms with van der Waals surface area (Å²) in [5, 5.41) is 7.41. The van der Waals surface area contributed by atoms with Gasteiger partial charge in [-0.1, -0.05) is 30.3 Å². The number of rotatable bonds is 6. The number of pyridine rings is 1. The number of nitrogens with one attached hydrogen (secondary N) is 1. The molecular formula is C25H20N4O2. The van der Waals surface area contributed by atoms with Gasteiger partial charge in [0.25, 0.3) is 0 Å². The number of benzene rings is 2. The zero-order valence-electron chi connectivity index (χ0n) is 16.9.